The molecule has 1 aromatic heterocycles. The Hall–Kier alpha value is -2.66. The molecule has 0 spiro atoms. The van der Waals surface area contributed by atoms with E-state index in [4.69, 9.17) is 0 Å². The first-order valence-electron chi connectivity index (χ1n) is 8.50. The predicted octanol–water partition coefficient (Wildman–Crippen LogP) is 2.80. The molecule has 1 amide bonds. The second kappa shape index (κ2) is 8.44. The molecule has 0 unspecified atom stereocenters. The Labute approximate surface area is 146 Å². The van der Waals surface area contributed by atoms with Gasteiger partial charge in [-0.1, -0.05) is 36.4 Å². The standard InChI is InChI=1S/C20H22FN3O/c21-18-7-3-1-5-15(18)9-11-22-14-20(25)23-12-10-16-13-24-19-8-4-2-6-17(16)19/h1-8,13,22,24H,9-12,14H2,(H,23,25). The molecule has 0 radical (unpaired) electrons. The molecule has 2 aromatic carbocycles. The molecule has 0 aliphatic rings. The number of amides is 1. The summed E-state index contributed by atoms with van der Waals surface area (Å²) < 4.78 is 13.5. The lowest BCUT2D eigenvalue weighted by molar-refractivity contribution is -0.120. The van der Waals surface area contributed by atoms with Crippen molar-refractivity contribution >= 4 is 16.8 Å². The second-order valence-corrected chi connectivity index (χ2v) is 5.98. The molecular formula is C20H22FN3O. The molecular weight excluding hydrogens is 317 g/mol. The van der Waals surface area contributed by atoms with Gasteiger partial charge in [0.2, 0.25) is 5.91 Å². The average molecular weight is 339 g/mol. The molecule has 0 fully saturated rings. The minimum absolute atomic E-state index is 0.0478. The minimum Gasteiger partial charge on any atom is -0.361 e. The lowest BCUT2D eigenvalue weighted by Crippen LogP contribution is -2.35. The number of fused-ring (bicyclic) bond motifs is 1. The van der Waals surface area contributed by atoms with Crippen LogP contribution in [-0.4, -0.2) is 30.5 Å². The quantitative estimate of drug-likeness (QED) is 0.553. The number of carbonyl (C=O) groups excluding carboxylic acids is 1. The highest BCUT2D eigenvalue weighted by molar-refractivity contribution is 5.83. The molecule has 25 heavy (non-hydrogen) atoms. The van der Waals surface area contributed by atoms with Gasteiger partial charge in [0, 0.05) is 23.6 Å². The van der Waals surface area contributed by atoms with Crippen molar-refractivity contribution < 1.29 is 9.18 Å². The summed E-state index contributed by atoms with van der Waals surface area (Å²) in [6.07, 6.45) is 3.34. The van der Waals surface area contributed by atoms with Crippen molar-refractivity contribution in [3.8, 4) is 0 Å². The Bertz CT molecular complexity index is 844. The van der Waals surface area contributed by atoms with Gasteiger partial charge < -0.3 is 15.6 Å². The first kappa shape index (κ1) is 17.2. The summed E-state index contributed by atoms with van der Waals surface area (Å²) in [6.45, 7) is 1.40. The number of H-pyrrole nitrogens is 1. The van der Waals surface area contributed by atoms with E-state index < -0.39 is 0 Å². The normalized spacial score (nSPS) is 10.9. The fourth-order valence-electron chi connectivity index (χ4n) is 2.86. The highest BCUT2D eigenvalue weighted by Crippen LogP contribution is 2.17. The van der Waals surface area contributed by atoms with Gasteiger partial charge >= 0.3 is 0 Å². The lowest BCUT2D eigenvalue weighted by Gasteiger charge is -2.07. The highest BCUT2D eigenvalue weighted by Gasteiger charge is 2.05. The SMILES string of the molecule is O=C(CNCCc1ccccc1F)NCCc1c[nH]c2ccccc12. The van der Waals surface area contributed by atoms with E-state index >= 15 is 0 Å². The first-order valence-corrected chi connectivity index (χ1v) is 8.50. The molecule has 3 rings (SSSR count). The number of rotatable bonds is 8. The summed E-state index contributed by atoms with van der Waals surface area (Å²) in [5, 5.41) is 7.15. The number of benzene rings is 2. The molecule has 3 N–H and O–H groups in total. The van der Waals surface area contributed by atoms with Gasteiger partial charge in [-0.2, -0.15) is 0 Å². The van der Waals surface area contributed by atoms with Crippen LogP contribution >= 0.6 is 0 Å². The molecule has 0 aliphatic heterocycles. The zero-order valence-corrected chi connectivity index (χ0v) is 14.0. The molecule has 4 nitrogen and oxygen atoms in total. The van der Waals surface area contributed by atoms with Crippen LogP contribution in [0.5, 0.6) is 0 Å². The molecule has 130 valence electrons. The van der Waals surface area contributed by atoms with E-state index in [0.29, 0.717) is 25.1 Å². The predicted molar refractivity (Wildman–Crippen MR) is 98.0 cm³/mol. The number of halogens is 1. The van der Waals surface area contributed by atoms with Crippen molar-refractivity contribution in [3.63, 3.8) is 0 Å². The molecule has 0 saturated heterocycles. The zero-order chi connectivity index (χ0) is 17.5. The molecule has 5 heteroatoms. The molecule has 1 heterocycles. The summed E-state index contributed by atoms with van der Waals surface area (Å²) in [4.78, 5) is 15.1. The largest absolute Gasteiger partial charge is 0.361 e. The van der Waals surface area contributed by atoms with E-state index in [-0.39, 0.29) is 18.3 Å². The monoisotopic (exact) mass is 339 g/mol. The van der Waals surface area contributed by atoms with Gasteiger partial charge in [-0.3, -0.25) is 4.79 Å². The number of para-hydroxylation sites is 1. The van der Waals surface area contributed by atoms with Gasteiger partial charge in [-0.15, -0.1) is 0 Å². The van der Waals surface area contributed by atoms with E-state index in [1.807, 2.05) is 30.5 Å². The molecule has 0 aliphatic carbocycles. The van der Waals surface area contributed by atoms with E-state index in [1.54, 1.807) is 12.1 Å². The Morgan fingerprint density at radius 3 is 2.60 bits per heavy atom. The van der Waals surface area contributed by atoms with Crippen LogP contribution in [0.3, 0.4) is 0 Å². The fourth-order valence-corrected chi connectivity index (χ4v) is 2.86. The Morgan fingerprint density at radius 1 is 0.960 bits per heavy atom. The van der Waals surface area contributed by atoms with E-state index in [0.717, 1.165) is 11.9 Å². The molecule has 3 aromatic rings. The molecule has 0 bridgehead atoms. The maximum atomic E-state index is 13.5. The maximum Gasteiger partial charge on any atom is 0.233 e. The highest BCUT2D eigenvalue weighted by atomic mass is 19.1. The Morgan fingerprint density at radius 2 is 1.72 bits per heavy atom. The summed E-state index contributed by atoms with van der Waals surface area (Å²) in [7, 11) is 0. The fraction of sp³-hybridized carbons (Fsp3) is 0.250. The van der Waals surface area contributed by atoms with Gasteiger partial charge in [-0.25, -0.2) is 4.39 Å². The third kappa shape index (κ3) is 4.67. The number of nitrogens with one attached hydrogen (secondary N) is 3. The van der Waals surface area contributed by atoms with E-state index in [2.05, 4.69) is 21.7 Å². The van der Waals surface area contributed by atoms with Crippen molar-refractivity contribution in [3.05, 3.63) is 71.7 Å². The third-order valence-electron chi connectivity index (χ3n) is 4.21. The van der Waals surface area contributed by atoms with Crippen LogP contribution in [0.25, 0.3) is 10.9 Å². The van der Waals surface area contributed by atoms with Gasteiger partial charge in [-0.05, 0) is 42.6 Å². The third-order valence-corrected chi connectivity index (χ3v) is 4.21. The van der Waals surface area contributed by atoms with Crippen molar-refractivity contribution in [1.82, 2.24) is 15.6 Å². The van der Waals surface area contributed by atoms with Crippen molar-refractivity contribution in [2.24, 2.45) is 0 Å². The van der Waals surface area contributed by atoms with Crippen LogP contribution in [0.1, 0.15) is 11.1 Å². The Balaban J connectivity index is 1.35. The van der Waals surface area contributed by atoms with Crippen LogP contribution in [0.4, 0.5) is 4.39 Å². The van der Waals surface area contributed by atoms with Gasteiger partial charge in [0.25, 0.3) is 0 Å². The first-order chi connectivity index (χ1) is 12.2. The second-order valence-electron chi connectivity index (χ2n) is 5.98. The zero-order valence-electron chi connectivity index (χ0n) is 14.0. The van der Waals surface area contributed by atoms with Crippen LogP contribution in [-0.2, 0) is 17.6 Å². The van der Waals surface area contributed by atoms with Gasteiger partial charge in [0.1, 0.15) is 5.82 Å². The van der Waals surface area contributed by atoms with Crippen molar-refractivity contribution in [1.29, 1.82) is 0 Å². The van der Waals surface area contributed by atoms with E-state index in [1.165, 1.54) is 17.0 Å². The number of hydrogen-bond donors (Lipinski definition) is 3. The minimum atomic E-state index is -0.201. The Kier molecular flexibility index (Phi) is 5.80. The maximum absolute atomic E-state index is 13.5. The van der Waals surface area contributed by atoms with E-state index in [9.17, 15) is 9.18 Å². The number of hydrogen-bond acceptors (Lipinski definition) is 2. The van der Waals surface area contributed by atoms with Gasteiger partial charge in [0.05, 0.1) is 6.54 Å². The van der Waals surface area contributed by atoms with Crippen LogP contribution < -0.4 is 10.6 Å². The topological polar surface area (TPSA) is 56.9 Å². The van der Waals surface area contributed by atoms with Gasteiger partial charge in [0.15, 0.2) is 0 Å². The average Bonchev–Trinajstić information content (AvgIpc) is 3.03. The summed E-state index contributed by atoms with van der Waals surface area (Å²) in [5.74, 6) is -0.249. The van der Waals surface area contributed by atoms with Crippen LogP contribution in [0.15, 0.2) is 54.7 Å². The molecule has 0 saturated carbocycles. The number of aromatic nitrogens is 1. The summed E-state index contributed by atoms with van der Waals surface area (Å²) in [6, 6.07) is 14.8. The summed E-state index contributed by atoms with van der Waals surface area (Å²) in [5.41, 5.74) is 2.97. The van der Waals surface area contributed by atoms with Crippen molar-refractivity contribution in [2.45, 2.75) is 12.8 Å². The lowest BCUT2D eigenvalue weighted by atomic mass is 10.1. The van der Waals surface area contributed by atoms with Crippen LogP contribution in [0, 0.1) is 5.82 Å². The number of carbonyl (C=O) groups is 1. The van der Waals surface area contributed by atoms with Crippen LogP contribution in [0.2, 0.25) is 0 Å². The number of aromatic amines is 1. The smallest absolute Gasteiger partial charge is 0.233 e. The van der Waals surface area contributed by atoms with Crippen molar-refractivity contribution in [2.75, 3.05) is 19.6 Å². The molecule has 0 atom stereocenters. The summed E-state index contributed by atoms with van der Waals surface area (Å²) >= 11 is 0.